The van der Waals surface area contributed by atoms with Gasteiger partial charge in [-0.25, -0.2) is 9.78 Å². The number of carbonyl (C=O) groups excluding carboxylic acids is 4. The predicted molar refractivity (Wildman–Crippen MR) is 135 cm³/mol. The van der Waals surface area contributed by atoms with Crippen molar-refractivity contribution in [3.05, 3.63) is 22.3 Å². The summed E-state index contributed by atoms with van der Waals surface area (Å²) in [7, 11) is 2.74. The molecule has 1 saturated heterocycles. The number of nitrogen functional groups attached to an aromatic ring is 1. The van der Waals surface area contributed by atoms with Crippen LogP contribution in [-0.2, 0) is 38.2 Å². The zero-order valence-corrected chi connectivity index (χ0v) is 22.7. The Morgan fingerprint density at radius 3 is 2.59 bits per heavy atom. The lowest BCUT2D eigenvalue weighted by Gasteiger charge is -2.49. The summed E-state index contributed by atoms with van der Waals surface area (Å²) in [5, 5.41) is 7.55. The van der Waals surface area contributed by atoms with E-state index < -0.39 is 42.0 Å². The van der Waals surface area contributed by atoms with Gasteiger partial charge in [-0.3, -0.25) is 19.3 Å². The number of nitrogens with one attached hydrogen (secondary N) is 1. The van der Waals surface area contributed by atoms with Gasteiger partial charge in [-0.1, -0.05) is 25.9 Å². The van der Waals surface area contributed by atoms with Crippen LogP contribution in [0, 0.1) is 5.41 Å². The molecule has 3 N–H and O–H groups in total. The van der Waals surface area contributed by atoms with E-state index in [0.29, 0.717) is 11.3 Å². The summed E-state index contributed by atoms with van der Waals surface area (Å²) in [6.45, 7) is 5.13. The molecule has 1 unspecified atom stereocenters. The largest absolute Gasteiger partial charge is 0.428 e. The number of oxime groups is 1. The van der Waals surface area contributed by atoms with E-state index in [1.54, 1.807) is 5.38 Å². The highest BCUT2D eigenvalue weighted by atomic mass is 32.2. The number of nitrogens with two attached hydrogens (primary N) is 1. The van der Waals surface area contributed by atoms with E-state index in [2.05, 4.69) is 15.5 Å². The van der Waals surface area contributed by atoms with Crippen molar-refractivity contribution >= 4 is 57.7 Å². The molecule has 0 aromatic carbocycles. The number of aromatic nitrogens is 1. The quantitative estimate of drug-likeness (QED) is 0.138. The van der Waals surface area contributed by atoms with Gasteiger partial charge >= 0.3 is 11.9 Å². The van der Waals surface area contributed by atoms with Crippen LogP contribution in [0.1, 0.15) is 32.9 Å². The molecule has 2 atom stereocenters. The highest BCUT2D eigenvalue weighted by Gasteiger charge is 2.54. The van der Waals surface area contributed by atoms with Gasteiger partial charge in [-0.2, -0.15) is 0 Å². The van der Waals surface area contributed by atoms with Crippen molar-refractivity contribution in [3.63, 3.8) is 0 Å². The SMILES string of the molecule is COCC1=C(C(=O)OCOC(=O)CC(C)(C)C)N2C(=O)C(NC(=O)/C(=N\OC)c3csc(N)n3)[C@H]2SC1. The Bertz CT molecular complexity index is 1130. The molecule has 0 bridgehead atoms. The average molecular weight is 556 g/mol. The zero-order chi connectivity index (χ0) is 27.3. The standard InChI is InChI=1S/C22H29N5O8S2/c1-22(2,3)6-13(28)34-10-35-20(31)16-11(7-32-4)8-36-19-15(18(30)27(16)19)25-17(29)14(26-33-5)12-9-37-21(23)24-12/h9,15,19H,6-8,10H2,1-5H3,(H2,23,24)(H,25,29)/b26-14-/t15?,19-/m1/s1. The molecule has 202 valence electrons. The Labute approximate surface area is 221 Å². The fourth-order valence-electron chi connectivity index (χ4n) is 3.56. The predicted octanol–water partition coefficient (Wildman–Crippen LogP) is 0.856. The summed E-state index contributed by atoms with van der Waals surface area (Å²) >= 11 is 2.47. The molecule has 1 fully saturated rings. The van der Waals surface area contributed by atoms with Gasteiger partial charge in [-0.15, -0.1) is 23.1 Å². The molecule has 2 aliphatic heterocycles. The zero-order valence-electron chi connectivity index (χ0n) is 21.1. The minimum atomic E-state index is -0.938. The van der Waals surface area contributed by atoms with Gasteiger partial charge in [0.15, 0.2) is 10.8 Å². The smallest absolute Gasteiger partial charge is 0.358 e. The number of hydrogen-bond donors (Lipinski definition) is 2. The Kier molecular flexibility index (Phi) is 9.15. The molecule has 2 aliphatic rings. The topological polar surface area (TPSA) is 172 Å². The normalized spacial score (nSPS) is 19.6. The van der Waals surface area contributed by atoms with Gasteiger partial charge in [0.05, 0.1) is 13.0 Å². The van der Waals surface area contributed by atoms with Crippen molar-refractivity contribution in [3.8, 4) is 0 Å². The van der Waals surface area contributed by atoms with Crippen LogP contribution in [0.4, 0.5) is 5.13 Å². The van der Waals surface area contributed by atoms with Crippen molar-refractivity contribution in [1.29, 1.82) is 0 Å². The minimum absolute atomic E-state index is 0.00558. The number of thioether (sulfide) groups is 1. The van der Waals surface area contributed by atoms with Crippen LogP contribution < -0.4 is 11.1 Å². The van der Waals surface area contributed by atoms with Crippen molar-refractivity contribution < 1.29 is 38.2 Å². The second-order valence-corrected chi connectivity index (χ2v) is 11.2. The maximum atomic E-state index is 13.1. The van der Waals surface area contributed by atoms with E-state index in [4.69, 9.17) is 24.8 Å². The fourth-order valence-corrected chi connectivity index (χ4v) is 5.43. The second kappa shape index (κ2) is 11.9. The summed E-state index contributed by atoms with van der Waals surface area (Å²) < 4.78 is 15.3. The summed E-state index contributed by atoms with van der Waals surface area (Å²) in [6.07, 6.45) is 0.148. The van der Waals surface area contributed by atoms with Gasteiger partial charge in [-0.05, 0) is 11.0 Å². The van der Waals surface area contributed by atoms with Crippen LogP contribution in [-0.4, -0.2) is 84.1 Å². The number of hydrogen-bond acceptors (Lipinski definition) is 13. The molecule has 1 aromatic heterocycles. The van der Waals surface area contributed by atoms with Crippen LogP contribution >= 0.6 is 23.1 Å². The minimum Gasteiger partial charge on any atom is -0.428 e. The molecule has 13 nitrogen and oxygen atoms in total. The van der Waals surface area contributed by atoms with Crippen LogP contribution in [0.25, 0.3) is 0 Å². The monoisotopic (exact) mass is 555 g/mol. The Hall–Kier alpha value is -3.17. The van der Waals surface area contributed by atoms with E-state index in [-0.39, 0.29) is 40.7 Å². The van der Waals surface area contributed by atoms with Gasteiger partial charge in [0.25, 0.3) is 11.8 Å². The number of esters is 2. The number of anilines is 1. The number of ether oxygens (including phenoxy) is 3. The van der Waals surface area contributed by atoms with Crippen LogP contribution in [0.5, 0.6) is 0 Å². The lowest BCUT2D eigenvalue weighted by molar-refractivity contribution is -0.169. The van der Waals surface area contributed by atoms with E-state index >= 15 is 0 Å². The van der Waals surface area contributed by atoms with E-state index in [1.807, 2.05) is 20.8 Å². The molecule has 0 saturated carbocycles. The van der Waals surface area contributed by atoms with Crippen molar-refractivity contribution in [2.45, 2.75) is 38.6 Å². The maximum Gasteiger partial charge on any atom is 0.358 e. The Balaban J connectivity index is 1.70. The first-order chi connectivity index (χ1) is 17.5. The molecule has 0 radical (unpaired) electrons. The lowest BCUT2D eigenvalue weighted by Crippen LogP contribution is -2.71. The third-order valence-electron chi connectivity index (χ3n) is 5.09. The first-order valence-corrected chi connectivity index (χ1v) is 13.0. The Morgan fingerprint density at radius 2 is 2.00 bits per heavy atom. The van der Waals surface area contributed by atoms with Gasteiger partial charge < -0.3 is 30.1 Å². The fraction of sp³-hybridized carbons (Fsp3) is 0.545. The highest BCUT2D eigenvalue weighted by molar-refractivity contribution is 8.00. The molecule has 3 rings (SSSR count). The van der Waals surface area contributed by atoms with Crippen LogP contribution in [0.15, 0.2) is 21.8 Å². The molecular formula is C22H29N5O8S2. The molecular weight excluding hydrogens is 526 g/mol. The van der Waals surface area contributed by atoms with Crippen molar-refractivity contribution in [2.24, 2.45) is 10.6 Å². The summed E-state index contributed by atoms with van der Waals surface area (Å²) in [4.78, 5) is 60.9. The molecule has 15 heteroatoms. The van der Waals surface area contributed by atoms with Crippen LogP contribution in [0.2, 0.25) is 0 Å². The summed E-state index contributed by atoms with van der Waals surface area (Å²) in [5.41, 5.74) is 5.96. The first kappa shape index (κ1) is 28.4. The summed E-state index contributed by atoms with van der Waals surface area (Å²) in [5.74, 6) is -2.21. The van der Waals surface area contributed by atoms with Crippen LogP contribution in [0.3, 0.4) is 0 Å². The molecule has 37 heavy (non-hydrogen) atoms. The molecule has 0 aliphatic carbocycles. The number of fused-ring (bicyclic) bond motifs is 1. The lowest BCUT2D eigenvalue weighted by atomic mass is 9.93. The van der Waals surface area contributed by atoms with Crippen molar-refractivity contribution in [2.75, 3.05) is 39.1 Å². The van der Waals surface area contributed by atoms with Gasteiger partial charge in [0.1, 0.15) is 29.9 Å². The third kappa shape index (κ3) is 6.78. The third-order valence-corrected chi connectivity index (χ3v) is 7.11. The number of thiazole rings is 1. The first-order valence-electron chi connectivity index (χ1n) is 11.1. The highest BCUT2D eigenvalue weighted by Crippen LogP contribution is 2.40. The van der Waals surface area contributed by atoms with Gasteiger partial charge in [0, 0.05) is 18.2 Å². The number of methoxy groups -OCH3 is 1. The molecule has 1 aromatic rings. The molecule has 0 spiro atoms. The average Bonchev–Trinajstić information content (AvgIpc) is 3.25. The number of amides is 2. The number of nitrogens with zero attached hydrogens (tertiary/aromatic N) is 3. The van der Waals surface area contributed by atoms with E-state index in [0.717, 1.165) is 11.3 Å². The van der Waals surface area contributed by atoms with Crippen molar-refractivity contribution in [1.82, 2.24) is 15.2 Å². The maximum absolute atomic E-state index is 13.1. The van der Waals surface area contributed by atoms with E-state index in [9.17, 15) is 19.2 Å². The molecule has 3 heterocycles. The molecule has 2 amide bonds. The number of carbonyl (C=O) groups is 4. The van der Waals surface area contributed by atoms with E-state index in [1.165, 1.54) is 30.9 Å². The second-order valence-electron chi connectivity index (χ2n) is 9.24. The number of β-lactam (4-membered cyclic amide) rings is 1. The number of rotatable bonds is 10. The summed E-state index contributed by atoms with van der Waals surface area (Å²) in [6, 6.07) is -0.938. The Morgan fingerprint density at radius 1 is 1.27 bits per heavy atom. The van der Waals surface area contributed by atoms with Gasteiger partial charge in [0.2, 0.25) is 6.79 Å².